The van der Waals surface area contributed by atoms with Crippen molar-refractivity contribution in [2.24, 2.45) is 5.73 Å². The molecular weight excluding hydrogens is 280 g/mol. The third kappa shape index (κ3) is 6.54. The van der Waals surface area contributed by atoms with Gasteiger partial charge in [0.15, 0.2) is 0 Å². The molecule has 1 amide bonds. The van der Waals surface area contributed by atoms with E-state index in [1.165, 1.54) is 0 Å². The van der Waals surface area contributed by atoms with Crippen LogP contribution in [-0.4, -0.2) is 25.0 Å². The third-order valence-corrected chi connectivity index (χ3v) is 2.56. The first-order valence-corrected chi connectivity index (χ1v) is 6.40. The monoisotopic (exact) mass is 300 g/mol. The summed E-state index contributed by atoms with van der Waals surface area (Å²) in [4.78, 5) is 22.8. The van der Waals surface area contributed by atoms with Crippen molar-refractivity contribution in [1.29, 1.82) is 0 Å². The van der Waals surface area contributed by atoms with Gasteiger partial charge in [0, 0.05) is 13.0 Å². The first kappa shape index (κ1) is 18.4. The number of ether oxygens (including phenoxy) is 1. The van der Waals surface area contributed by atoms with Gasteiger partial charge in [0.05, 0.1) is 12.2 Å². The maximum Gasteiger partial charge on any atom is 0.338 e. The van der Waals surface area contributed by atoms with E-state index in [9.17, 15) is 9.59 Å². The first-order valence-electron chi connectivity index (χ1n) is 6.40. The molecule has 0 aliphatic heterocycles. The van der Waals surface area contributed by atoms with Crippen molar-refractivity contribution in [3.8, 4) is 0 Å². The van der Waals surface area contributed by atoms with Gasteiger partial charge in [-0.05, 0) is 37.6 Å². The number of nitrogens with one attached hydrogen (secondary N) is 1. The fourth-order valence-corrected chi connectivity index (χ4v) is 1.52. The maximum atomic E-state index is 11.4. The average molecular weight is 301 g/mol. The molecule has 1 aromatic carbocycles. The molecule has 0 fully saturated rings. The Bertz CT molecular complexity index is 421. The highest BCUT2D eigenvalue weighted by molar-refractivity contribution is 5.89. The maximum absolute atomic E-state index is 11.4. The number of esters is 1. The van der Waals surface area contributed by atoms with E-state index in [0.29, 0.717) is 38.1 Å². The largest absolute Gasteiger partial charge is 0.462 e. The van der Waals surface area contributed by atoms with Crippen molar-refractivity contribution in [2.75, 3.05) is 13.2 Å². The molecule has 6 heteroatoms. The van der Waals surface area contributed by atoms with E-state index in [1.54, 1.807) is 31.2 Å². The summed E-state index contributed by atoms with van der Waals surface area (Å²) >= 11 is 0. The van der Waals surface area contributed by atoms with Crippen molar-refractivity contribution in [1.82, 2.24) is 5.32 Å². The van der Waals surface area contributed by atoms with Crippen molar-refractivity contribution in [3.63, 3.8) is 0 Å². The van der Waals surface area contributed by atoms with Crippen LogP contribution in [-0.2, 0) is 16.1 Å². The highest BCUT2D eigenvalue weighted by atomic mass is 35.5. The summed E-state index contributed by atoms with van der Waals surface area (Å²) in [6.07, 6.45) is 1.13. The average Bonchev–Trinajstić information content (AvgIpc) is 2.43. The molecule has 0 aliphatic carbocycles. The molecule has 112 valence electrons. The van der Waals surface area contributed by atoms with Crippen LogP contribution in [0.25, 0.3) is 0 Å². The molecule has 0 unspecified atom stereocenters. The Labute approximate surface area is 125 Å². The minimum absolute atomic E-state index is 0. The number of hydrogen-bond donors (Lipinski definition) is 2. The van der Waals surface area contributed by atoms with E-state index in [4.69, 9.17) is 10.5 Å². The summed E-state index contributed by atoms with van der Waals surface area (Å²) < 4.78 is 4.89. The molecule has 0 saturated carbocycles. The fraction of sp³-hybridized carbons (Fsp3) is 0.429. The Morgan fingerprint density at radius 2 is 1.90 bits per heavy atom. The number of rotatable bonds is 7. The second kappa shape index (κ2) is 10.2. The van der Waals surface area contributed by atoms with Crippen LogP contribution in [0.15, 0.2) is 24.3 Å². The molecule has 0 saturated heterocycles. The standard InChI is InChI=1S/C14H20N2O3.ClH/c1-2-19-14(18)12-7-5-11(6-8-12)10-16-13(17)4-3-9-15;/h5-8H,2-4,9-10,15H2,1H3,(H,16,17);1H. The van der Waals surface area contributed by atoms with E-state index in [1.807, 2.05) is 0 Å². The van der Waals surface area contributed by atoms with Gasteiger partial charge in [-0.1, -0.05) is 12.1 Å². The summed E-state index contributed by atoms with van der Waals surface area (Å²) in [6.45, 7) is 3.09. The lowest BCUT2D eigenvalue weighted by atomic mass is 10.1. The predicted octanol–water partition coefficient (Wildman–Crippen LogP) is 1.64. The second-order valence-electron chi connectivity index (χ2n) is 4.09. The lowest BCUT2D eigenvalue weighted by Gasteiger charge is -2.06. The zero-order valence-corrected chi connectivity index (χ0v) is 12.4. The van der Waals surface area contributed by atoms with Gasteiger partial charge >= 0.3 is 5.97 Å². The van der Waals surface area contributed by atoms with Gasteiger partial charge in [-0.15, -0.1) is 12.4 Å². The van der Waals surface area contributed by atoms with Gasteiger partial charge in [-0.25, -0.2) is 4.79 Å². The molecule has 5 nitrogen and oxygen atoms in total. The van der Waals surface area contributed by atoms with Crippen LogP contribution in [0.3, 0.4) is 0 Å². The SMILES string of the molecule is CCOC(=O)c1ccc(CNC(=O)CCCN)cc1.Cl. The Hall–Kier alpha value is -1.59. The smallest absolute Gasteiger partial charge is 0.338 e. The molecule has 0 aliphatic rings. The van der Waals surface area contributed by atoms with Gasteiger partial charge in [-0.2, -0.15) is 0 Å². The van der Waals surface area contributed by atoms with E-state index < -0.39 is 0 Å². The zero-order chi connectivity index (χ0) is 14.1. The van der Waals surface area contributed by atoms with Crippen molar-refractivity contribution >= 4 is 24.3 Å². The number of halogens is 1. The van der Waals surface area contributed by atoms with Gasteiger partial charge in [-0.3, -0.25) is 4.79 Å². The molecule has 0 aromatic heterocycles. The van der Waals surface area contributed by atoms with Crippen LogP contribution in [0.1, 0.15) is 35.7 Å². The van der Waals surface area contributed by atoms with Crippen molar-refractivity contribution in [3.05, 3.63) is 35.4 Å². The minimum atomic E-state index is -0.332. The molecule has 20 heavy (non-hydrogen) atoms. The number of amides is 1. The Balaban J connectivity index is 0.00000361. The molecule has 0 bridgehead atoms. The number of benzene rings is 1. The molecule has 0 spiro atoms. The highest BCUT2D eigenvalue weighted by Crippen LogP contribution is 2.06. The van der Waals surface area contributed by atoms with Gasteiger partial charge < -0.3 is 15.8 Å². The van der Waals surface area contributed by atoms with Crippen LogP contribution >= 0.6 is 12.4 Å². The Kier molecular flexibility index (Phi) is 9.41. The molecule has 1 rings (SSSR count). The van der Waals surface area contributed by atoms with Gasteiger partial charge in [0.1, 0.15) is 0 Å². The van der Waals surface area contributed by atoms with Crippen molar-refractivity contribution in [2.45, 2.75) is 26.3 Å². The fourth-order valence-electron chi connectivity index (χ4n) is 1.52. The van der Waals surface area contributed by atoms with Crippen LogP contribution in [0.2, 0.25) is 0 Å². The summed E-state index contributed by atoms with van der Waals surface area (Å²) in [7, 11) is 0. The first-order chi connectivity index (χ1) is 9.17. The minimum Gasteiger partial charge on any atom is -0.462 e. The number of nitrogens with two attached hydrogens (primary N) is 1. The normalized spacial score (nSPS) is 9.50. The van der Waals surface area contributed by atoms with Crippen LogP contribution < -0.4 is 11.1 Å². The third-order valence-electron chi connectivity index (χ3n) is 2.56. The molecule has 1 aromatic rings. The highest BCUT2D eigenvalue weighted by Gasteiger charge is 2.06. The molecule has 0 atom stereocenters. The predicted molar refractivity (Wildman–Crippen MR) is 79.8 cm³/mol. The van der Waals surface area contributed by atoms with E-state index in [2.05, 4.69) is 5.32 Å². The lowest BCUT2D eigenvalue weighted by Crippen LogP contribution is -2.23. The number of carbonyl (C=O) groups is 2. The quantitative estimate of drug-likeness (QED) is 0.750. The summed E-state index contributed by atoms with van der Waals surface area (Å²) in [5, 5.41) is 2.80. The summed E-state index contributed by atoms with van der Waals surface area (Å²) in [5.41, 5.74) is 6.78. The van der Waals surface area contributed by atoms with E-state index in [-0.39, 0.29) is 24.3 Å². The van der Waals surface area contributed by atoms with E-state index >= 15 is 0 Å². The summed E-state index contributed by atoms with van der Waals surface area (Å²) in [5.74, 6) is -0.346. The molecule has 0 heterocycles. The van der Waals surface area contributed by atoms with Crippen LogP contribution in [0.4, 0.5) is 0 Å². The summed E-state index contributed by atoms with van der Waals surface area (Å²) in [6, 6.07) is 6.99. The second-order valence-corrected chi connectivity index (χ2v) is 4.09. The van der Waals surface area contributed by atoms with Crippen molar-refractivity contribution < 1.29 is 14.3 Å². The Morgan fingerprint density at radius 3 is 2.45 bits per heavy atom. The molecular formula is C14H21ClN2O3. The van der Waals surface area contributed by atoms with Crippen LogP contribution in [0, 0.1) is 0 Å². The zero-order valence-electron chi connectivity index (χ0n) is 11.6. The molecule has 0 radical (unpaired) electrons. The number of carbonyl (C=O) groups excluding carboxylic acids is 2. The van der Waals surface area contributed by atoms with Gasteiger partial charge in [0.25, 0.3) is 0 Å². The van der Waals surface area contributed by atoms with Crippen LogP contribution in [0.5, 0.6) is 0 Å². The van der Waals surface area contributed by atoms with E-state index in [0.717, 1.165) is 5.56 Å². The molecule has 3 N–H and O–H groups in total. The van der Waals surface area contributed by atoms with Gasteiger partial charge in [0.2, 0.25) is 5.91 Å². The number of hydrogen-bond acceptors (Lipinski definition) is 4. The Morgan fingerprint density at radius 1 is 1.25 bits per heavy atom. The topological polar surface area (TPSA) is 81.4 Å². The lowest BCUT2D eigenvalue weighted by molar-refractivity contribution is -0.121.